The maximum absolute atomic E-state index is 12.8. The first-order valence-electron chi connectivity index (χ1n) is 11.3. The Morgan fingerprint density at radius 3 is 2.26 bits per heavy atom. The van der Waals surface area contributed by atoms with E-state index in [0.717, 1.165) is 17.5 Å². The summed E-state index contributed by atoms with van der Waals surface area (Å²) < 4.78 is 16.1. The van der Waals surface area contributed by atoms with Crippen molar-refractivity contribution in [2.75, 3.05) is 33.2 Å². The van der Waals surface area contributed by atoms with Crippen LogP contribution in [0.5, 0.6) is 17.2 Å². The second-order valence-electron chi connectivity index (χ2n) is 8.11. The average molecular weight is 473 g/mol. The zero-order valence-corrected chi connectivity index (χ0v) is 20.0. The molecular formula is C28H28N2O5. The van der Waals surface area contributed by atoms with Gasteiger partial charge >= 0.3 is 0 Å². The van der Waals surface area contributed by atoms with E-state index in [2.05, 4.69) is 5.32 Å². The molecule has 1 N–H and O–H groups in total. The Morgan fingerprint density at radius 1 is 0.886 bits per heavy atom. The first-order valence-corrected chi connectivity index (χ1v) is 11.3. The molecule has 0 saturated heterocycles. The number of hydrogen-bond donors (Lipinski definition) is 1. The molecule has 0 spiro atoms. The molecule has 3 aromatic carbocycles. The zero-order chi connectivity index (χ0) is 24.8. The van der Waals surface area contributed by atoms with Gasteiger partial charge in [0.2, 0.25) is 11.7 Å². The molecule has 1 heterocycles. The molecule has 3 aromatic rings. The molecule has 4 rings (SSSR count). The van der Waals surface area contributed by atoms with E-state index in [0.29, 0.717) is 41.6 Å². The number of fused-ring (bicyclic) bond motifs is 1. The van der Waals surface area contributed by atoms with Gasteiger partial charge in [-0.05, 0) is 65.6 Å². The Balaban J connectivity index is 1.45. The summed E-state index contributed by atoms with van der Waals surface area (Å²) in [6.45, 7) is 1.18. The van der Waals surface area contributed by atoms with E-state index >= 15 is 0 Å². The van der Waals surface area contributed by atoms with Crippen LogP contribution < -0.4 is 19.5 Å². The highest BCUT2D eigenvalue weighted by Gasteiger charge is 2.22. The maximum atomic E-state index is 12.8. The number of carbonyl (C=O) groups is 2. The van der Waals surface area contributed by atoms with Crippen LogP contribution in [0, 0.1) is 0 Å². The quantitative estimate of drug-likeness (QED) is 0.510. The Kier molecular flexibility index (Phi) is 7.35. The Hall–Kier alpha value is -4.26. The minimum Gasteiger partial charge on any atom is -0.493 e. The predicted molar refractivity (Wildman–Crippen MR) is 135 cm³/mol. The fourth-order valence-corrected chi connectivity index (χ4v) is 4.12. The molecule has 0 unspecified atom stereocenters. The second-order valence-corrected chi connectivity index (χ2v) is 8.11. The molecule has 2 amide bonds. The van der Waals surface area contributed by atoms with Gasteiger partial charge in [-0.15, -0.1) is 0 Å². The van der Waals surface area contributed by atoms with Crippen LogP contribution in [0.2, 0.25) is 0 Å². The lowest BCUT2D eigenvalue weighted by molar-refractivity contribution is -0.111. The van der Waals surface area contributed by atoms with Crippen LogP contribution in [0.15, 0.2) is 66.7 Å². The first-order chi connectivity index (χ1) is 17.0. The van der Waals surface area contributed by atoms with E-state index < -0.39 is 0 Å². The molecule has 0 saturated carbocycles. The normalized spacial score (nSPS) is 12.7. The number of methoxy groups -OCH3 is 3. The van der Waals surface area contributed by atoms with Crippen molar-refractivity contribution in [1.29, 1.82) is 0 Å². The first kappa shape index (κ1) is 23.9. The smallest absolute Gasteiger partial charge is 0.254 e. The number of benzene rings is 3. The minimum absolute atomic E-state index is 0.0129. The highest BCUT2D eigenvalue weighted by atomic mass is 16.5. The second kappa shape index (κ2) is 10.8. The third-order valence-corrected chi connectivity index (χ3v) is 5.91. The van der Waals surface area contributed by atoms with Crippen LogP contribution in [0.25, 0.3) is 6.08 Å². The lowest BCUT2D eigenvalue weighted by atomic mass is 9.98. The van der Waals surface area contributed by atoms with Crippen LogP contribution in [-0.2, 0) is 17.8 Å². The van der Waals surface area contributed by atoms with Gasteiger partial charge in [0.15, 0.2) is 11.5 Å². The average Bonchev–Trinajstić information content (AvgIpc) is 2.90. The lowest BCUT2D eigenvalue weighted by Crippen LogP contribution is -2.36. The number of rotatable bonds is 7. The summed E-state index contributed by atoms with van der Waals surface area (Å²) in [5.74, 6) is 1.25. The maximum Gasteiger partial charge on any atom is 0.254 e. The number of nitrogens with one attached hydrogen (secondary N) is 1. The summed E-state index contributed by atoms with van der Waals surface area (Å²) in [5, 5.41) is 2.90. The van der Waals surface area contributed by atoms with Gasteiger partial charge in [0.05, 0.1) is 21.3 Å². The summed E-state index contributed by atoms with van der Waals surface area (Å²) in [6.07, 6.45) is 3.91. The molecule has 0 fully saturated rings. The Bertz CT molecular complexity index is 1230. The summed E-state index contributed by atoms with van der Waals surface area (Å²) in [4.78, 5) is 27.3. The van der Waals surface area contributed by atoms with Crippen molar-refractivity contribution in [2.45, 2.75) is 13.0 Å². The topological polar surface area (TPSA) is 77.1 Å². The predicted octanol–water partition coefficient (Wildman–Crippen LogP) is 4.56. The molecule has 0 bridgehead atoms. The molecule has 7 nitrogen and oxygen atoms in total. The van der Waals surface area contributed by atoms with E-state index in [9.17, 15) is 9.59 Å². The van der Waals surface area contributed by atoms with Gasteiger partial charge in [0.25, 0.3) is 5.91 Å². The summed E-state index contributed by atoms with van der Waals surface area (Å²) in [6, 6.07) is 18.7. The highest BCUT2D eigenvalue weighted by molar-refractivity contribution is 6.02. The minimum atomic E-state index is -0.272. The van der Waals surface area contributed by atoms with Crippen LogP contribution in [-0.4, -0.2) is 44.6 Å². The van der Waals surface area contributed by atoms with Gasteiger partial charge in [0, 0.05) is 30.4 Å². The number of amides is 2. The third-order valence-electron chi connectivity index (χ3n) is 5.91. The molecule has 0 atom stereocenters. The van der Waals surface area contributed by atoms with E-state index in [4.69, 9.17) is 14.2 Å². The van der Waals surface area contributed by atoms with Crippen LogP contribution in [0.1, 0.15) is 27.0 Å². The standard InChI is InChI=1S/C28H28N2O5/c1-33-24-15-19(16-25(34-2)27(24)35-3)9-12-26(31)29-23-11-10-20-13-14-30(18-22(20)17-23)28(32)21-7-5-4-6-8-21/h4-12,15-17H,13-14,18H2,1-3H3,(H,29,31)/b12-9+. The Morgan fingerprint density at radius 2 is 1.60 bits per heavy atom. The van der Waals surface area contributed by atoms with E-state index in [1.54, 1.807) is 39.5 Å². The monoisotopic (exact) mass is 472 g/mol. The summed E-state index contributed by atoms with van der Waals surface area (Å²) >= 11 is 0. The highest BCUT2D eigenvalue weighted by Crippen LogP contribution is 2.38. The number of carbonyl (C=O) groups excluding carboxylic acids is 2. The SMILES string of the molecule is COc1cc(/C=C/C(=O)Nc2ccc3c(c2)CN(C(=O)c2ccccc2)CC3)cc(OC)c1OC. The van der Waals surface area contributed by atoms with Gasteiger partial charge in [-0.1, -0.05) is 24.3 Å². The van der Waals surface area contributed by atoms with E-state index in [1.807, 2.05) is 53.4 Å². The summed E-state index contributed by atoms with van der Waals surface area (Å²) in [7, 11) is 4.63. The van der Waals surface area contributed by atoms with Gasteiger partial charge < -0.3 is 24.4 Å². The third kappa shape index (κ3) is 5.46. The molecule has 180 valence electrons. The fourth-order valence-electron chi connectivity index (χ4n) is 4.12. The van der Waals surface area contributed by atoms with Crippen molar-refractivity contribution in [3.63, 3.8) is 0 Å². The van der Waals surface area contributed by atoms with E-state index in [-0.39, 0.29) is 11.8 Å². The zero-order valence-electron chi connectivity index (χ0n) is 20.0. The largest absolute Gasteiger partial charge is 0.493 e. The molecule has 7 heteroatoms. The molecule has 1 aliphatic rings. The van der Waals surface area contributed by atoms with Crippen LogP contribution in [0.4, 0.5) is 5.69 Å². The van der Waals surface area contributed by atoms with Gasteiger partial charge in [-0.25, -0.2) is 0 Å². The van der Waals surface area contributed by atoms with Crippen molar-refractivity contribution in [1.82, 2.24) is 4.90 Å². The lowest BCUT2D eigenvalue weighted by Gasteiger charge is -2.29. The fraction of sp³-hybridized carbons (Fsp3) is 0.214. The van der Waals surface area contributed by atoms with Crippen molar-refractivity contribution in [3.8, 4) is 17.2 Å². The van der Waals surface area contributed by atoms with Crippen LogP contribution in [0.3, 0.4) is 0 Å². The molecule has 0 radical (unpaired) electrons. The molecule has 0 aromatic heterocycles. The number of hydrogen-bond acceptors (Lipinski definition) is 5. The summed E-state index contributed by atoms with van der Waals surface area (Å²) in [5.41, 5.74) is 4.31. The van der Waals surface area contributed by atoms with Gasteiger partial charge in [-0.3, -0.25) is 9.59 Å². The van der Waals surface area contributed by atoms with Crippen molar-refractivity contribution < 1.29 is 23.8 Å². The number of anilines is 1. The molecule has 1 aliphatic heterocycles. The number of ether oxygens (including phenoxy) is 3. The van der Waals surface area contributed by atoms with Crippen molar-refractivity contribution in [2.24, 2.45) is 0 Å². The Labute approximate surface area is 204 Å². The van der Waals surface area contributed by atoms with Crippen LogP contribution >= 0.6 is 0 Å². The van der Waals surface area contributed by atoms with Crippen molar-refractivity contribution in [3.05, 3.63) is 89.0 Å². The molecular weight excluding hydrogens is 444 g/mol. The molecule has 35 heavy (non-hydrogen) atoms. The number of nitrogens with zero attached hydrogens (tertiary/aromatic N) is 1. The van der Waals surface area contributed by atoms with Gasteiger partial charge in [-0.2, -0.15) is 0 Å². The molecule has 0 aliphatic carbocycles. The van der Waals surface area contributed by atoms with Gasteiger partial charge in [0.1, 0.15) is 0 Å². The van der Waals surface area contributed by atoms with Crippen molar-refractivity contribution >= 4 is 23.6 Å². The van der Waals surface area contributed by atoms with E-state index in [1.165, 1.54) is 11.6 Å².